The van der Waals surface area contributed by atoms with Crippen molar-refractivity contribution in [3.8, 4) is 17.2 Å². The average molecular weight is 370 g/mol. The molecule has 1 atom stereocenters. The molecular weight excluding hydrogens is 344 g/mol. The summed E-state index contributed by atoms with van der Waals surface area (Å²) in [4.78, 5) is 11.0. The Balaban J connectivity index is 1.42. The molecule has 27 heavy (non-hydrogen) atoms. The Morgan fingerprint density at radius 3 is 2.56 bits per heavy atom. The number of carbonyl (C=O) groups is 1. The first kappa shape index (κ1) is 19.1. The van der Waals surface area contributed by atoms with Gasteiger partial charge in [0, 0.05) is 6.07 Å². The minimum Gasteiger partial charge on any atom is -0.497 e. The molecule has 0 spiro atoms. The third-order valence-electron chi connectivity index (χ3n) is 4.88. The van der Waals surface area contributed by atoms with Crippen LogP contribution in [0.2, 0.25) is 0 Å². The number of ether oxygens (including phenoxy) is 3. The van der Waals surface area contributed by atoms with E-state index in [2.05, 4.69) is 0 Å². The van der Waals surface area contributed by atoms with Gasteiger partial charge in [-0.05, 0) is 55.0 Å². The number of benzene rings is 2. The Hall–Kier alpha value is -2.69. The molecule has 1 fully saturated rings. The predicted molar refractivity (Wildman–Crippen MR) is 103 cm³/mol. The van der Waals surface area contributed by atoms with Crippen molar-refractivity contribution in [2.75, 3.05) is 13.7 Å². The molecule has 0 aliphatic heterocycles. The fraction of sp³-hybridized carbons (Fsp3) is 0.409. The predicted octanol–water partition coefficient (Wildman–Crippen LogP) is 4.19. The first-order valence-corrected chi connectivity index (χ1v) is 9.28. The van der Waals surface area contributed by atoms with Crippen LogP contribution in [0.5, 0.6) is 17.2 Å². The maximum absolute atomic E-state index is 11.0. The molecule has 2 aromatic rings. The third-order valence-corrected chi connectivity index (χ3v) is 4.88. The molecule has 1 aliphatic rings. The van der Waals surface area contributed by atoms with Gasteiger partial charge >= 0.3 is 5.97 Å². The number of hydrogen-bond donors (Lipinski definition) is 1. The molecule has 2 aromatic carbocycles. The highest BCUT2D eigenvalue weighted by Crippen LogP contribution is 2.33. The third kappa shape index (κ3) is 5.39. The van der Waals surface area contributed by atoms with Crippen LogP contribution >= 0.6 is 0 Å². The molecular formula is C22H26O5. The second kappa shape index (κ2) is 8.80. The lowest BCUT2D eigenvalue weighted by atomic mass is 9.83. The van der Waals surface area contributed by atoms with E-state index in [0.717, 1.165) is 35.7 Å². The molecule has 0 amide bonds. The summed E-state index contributed by atoms with van der Waals surface area (Å²) < 4.78 is 17.1. The van der Waals surface area contributed by atoms with Crippen LogP contribution in [0, 0.1) is 11.8 Å². The van der Waals surface area contributed by atoms with Crippen molar-refractivity contribution in [1.82, 2.24) is 0 Å². The monoisotopic (exact) mass is 370 g/mol. The summed E-state index contributed by atoms with van der Waals surface area (Å²) in [5.74, 6) is 1.71. The average Bonchev–Trinajstić information content (AvgIpc) is 2.63. The molecule has 0 heterocycles. The van der Waals surface area contributed by atoms with E-state index < -0.39 is 11.9 Å². The number of methoxy groups -OCH3 is 1. The van der Waals surface area contributed by atoms with Gasteiger partial charge in [0.1, 0.15) is 17.2 Å². The minimum absolute atomic E-state index is 0.216. The van der Waals surface area contributed by atoms with E-state index in [9.17, 15) is 4.79 Å². The highest BCUT2D eigenvalue weighted by atomic mass is 16.5. The van der Waals surface area contributed by atoms with Crippen molar-refractivity contribution in [1.29, 1.82) is 0 Å². The first-order chi connectivity index (χ1) is 13.0. The van der Waals surface area contributed by atoms with E-state index in [0.29, 0.717) is 18.9 Å². The molecule has 0 saturated heterocycles. The van der Waals surface area contributed by atoms with Crippen molar-refractivity contribution in [2.24, 2.45) is 11.8 Å². The lowest BCUT2D eigenvalue weighted by molar-refractivity contribution is -0.141. The van der Waals surface area contributed by atoms with Crippen molar-refractivity contribution in [3.63, 3.8) is 0 Å². The van der Waals surface area contributed by atoms with E-state index in [1.54, 1.807) is 14.0 Å². The molecule has 5 nitrogen and oxygen atoms in total. The van der Waals surface area contributed by atoms with Crippen LogP contribution in [0.4, 0.5) is 0 Å². The summed E-state index contributed by atoms with van der Waals surface area (Å²) in [6, 6.07) is 15.4. The van der Waals surface area contributed by atoms with E-state index in [4.69, 9.17) is 19.3 Å². The summed E-state index contributed by atoms with van der Waals surface area (Å²) in [5, 5.41) is 9.04. The molecule has 1 saturated carbocycles. The summed E-state index contributed by atoms with van der Waals surface area (Å²) in [5.41, 5.74) is 0.982. The van der Waals surface area contributed by atoms with E-state index in [1.807, 2.05) is 48.5 Å². The topological polar surface area (TPSA) is 65.0 Å². The maximum Gasteiger partial charge on any atom is 0.306 e. The fourth-order valence-corrected chi connectivity index (χ4v) is 3.19. The van der Waals surface area contributed by atoms with E-state index in [-0.39, 0.29) is 6.10 Å². The number of rotatable bonds is 9. The number of hydrogen-bond acceptors (Lipinski definition) is 4. The van der Waals surface area contributed by atoms with Crippen molar-refractivity contribution < 1.29 is 24.1 Å². The van der Waals surface area contributed by atoms with Crippen LogP contribution in [0.25, 0.3) is 0 Å². The molecule has 5 heteroatoms. The van der Waals surface area contributed by atoms with E-state index in [1.165, 1.54) is 0 Å². The van der Waals surface area contributed by atoms with Crippen LogP contribution in [0.3, 0.4) is 0 Å². The van der Waals surface area contributed by atoms with Gasteiger partial charge in [-0.1, -0.05) is 25.1 Å². The largest absolute Gasteiger partial charge is 0.497 e. The minimum atomic E-state index is -0.780. The molecule has 0 bridgehead atoms. The molecule has 1 unspecified atom stereocenters. The Morgan fingerprint density at radius 2 is 1.81 bits per heavy atom. The van der Waals surface area contributed by atoms with Gasteiger partial charge in [-0.2, -0.15) is 0 Å². The smallest absolute Gasteiger partial charge is 0.306 e. The highest BCUT2D eigenvalue weighted by molar-refractivity contribution is 5.69. The Labute approximate surface area is 159 Å². The van der Waals surface area contributed by atoms with Gasteiger partial charge in [0.25, 0.3) is 0 Å². The summed E-state index contributed by atoms with van der Waals surface area (Å²) in [7, 11) is 1.65. The van der Waals surface area contributed by atoms with Crippen LogP contribution in [-0.2, 0) is 11.2 Å². The zero-order chi connectivity index (χ0) is 19.2. The Bertz CT molecular complexity index is 767. The fourth-order valence-electron chi connectivity index (χ4n) is 3.19. The van der Waals surface area contributed by atoms with Crippen LogP contribution in [-0.4, -0.2) is 30.9 Å². The second-order valence-electron chi connectivity index (χ2n) is 7.16. The van der Waals surface area contributed by atoms with Gasteiger partial charge in [0.05, 0.1) is 25.7 Å². The summed E-state index contributed by atoms with van der Waals surface area (Å²) >= 11 is 0. The zero-order valence-electron chi connectivity index (χ0n) is 15.8. The lowest BCUT2D eigenvalue weighted by Gasteiger charge is -2.35. The summed E-state index contributed by atoms with van der Waals surface area (Å²) in [6.07, 6.45) is 2.65. The van der Waals surface area contributed by atoms with Gasteiger partial charge < -0.3 is 19.3 Å². The summed E-state index contributed by atoms with van der Waals surface area (Å²) in [6.45, 7) is 2.36. The van der Waals surface area contributed by atoms with Gasteiger partial charge in [-0.15, -0.1) is 0 Å². The van der Waals surface area contributed by atoms with Crippen molar-refractivity contribution in [3.05, 3.63) is 54.1 Å². The molecule has 1 aliphatic carbocycles. The number of aliphatic carboxylic acids is 1. The Kier molecular flexibility index (Phi) is 6.22. The van der Waals surface area contributed by atoms with Gasteiger partial charge in [-0.3, -0.25) is 4.79 Å². The number of carboxylic acids is 1. The van der Waals surface area contributed by atoms with Gasteiger partial charge in [0.2, 0.25) is 0 Å². The molecule has 1 N–H and O–H groups in total. The highest BCUT2D eigenvalue weighted by Gasteiger charge is 2.31. The van der Waals surface area contributed by atoms with E-state index >= 15 is 0 Å². The quantitative estimate of drug-likeness (QED) is 0.717. The van der Waals surface area contributed by atoms with Crippen LogP contribution < -0.4 is 14.2 Å². The molecule has 0 aromatic heterocycles. The number of carboxylic acid groups (broad SMARTS) is 1. The van der Waals surface area contributed by atoms with Gasteiger partial charge in [0.15, 0.2) is 0 Å². The van der Waals surface area contributed by atoms with Gasteiger partial charge in [-0.25, -0.2) is 0 Å². The SMILES string of the molecule is COc1cccc(OC2CC(COc3cccc(CC(C)C(=O)O)c3)C2)c1. The van der Waals surface area contributed by atoms with Crippen LogP contribution in [0.1, 0.15) is 25.3 Å². The Morgan fingerprint density at radius 1 is 1.11 bits per heavy atom. The standard InChI is InChI=1S/C22H26O5/c1-15(22(23)24)9-16-5-3-7-19(10-16)26-14-17-11-21(12-17)27-20-8-4-6-18(13-20)25-2/h3-8,10,13,15,17,21H,9,11-12,14H2,1-2H3,(H,23,24). The van der Waals surface area contributed by atoms with Crippen LogP contribution in [0.15, 0.2) is 48.5 Å². The van der Waals surface area contributed by atoms with Crippen molar-refractivity contribution in [2.45, 2.75) is 32.3 Å². The molecule has 3 rings (SSSR count). The maximum atomic E-state index is 11.0. The lowest BCUT2D eigenvalue weighted by Crippen LogP contribution is -2.37. The zero-order valence-corrected chi connectivity index (χ0v) is 15.8. The first-order valence-electron chi connectivity index (χ1n) is 9.28. The second-order valence-corrected chi connectivity index (χ2v) is 7.16. The molecule has 144 valence electrons. The van der Waals surface area contributed by atoms with Crippen molar-refractivity contribution >= 4 is 5.97 Å². The normalized spacial score (nSPS) is 19.6. The molecule has 0 radical (unpaired) electrons.